The molecule has 0 radical (unpaired) electrons. The van der Waals surface area contributed by atoms with Crippen molar-refractivity contribution in [3.63, 3.8) is 0 Å². The van der Waals surface area contributed by atoms with Crippen LogP contribution in [0.25, 0.3) is 0 Å². The Hall–Kier alpha value is -5.46. The molecule has 0 spiro atoms. The number of methoxy groups -OCH3 is 1. The molecular formula is C24H20N8O5. The molecule has 0 aliphatic carbocycles. The number of fused-ring (bicyclic) bond motifs is 1. The molecule has 5 rings (SSSR count). The van der Waals surface area contributed by atoms with E-state index in [1.54, 1.807) is 49.7 Å². The summed E-state index contributed by atoms with van der Waals surface area (Å²) in [5.74, 6) is 2.63. The quantitative estimate of drug-likeness (QED) is 0.169. The highest BCUT2D eigenvalue weighted by atomic mass is 16.7. The van der Waals surface area contributed by atoms with Crippen LogP contribution in [0.4, 0.5) is 34.9 Å². The minimum Gasteiger partial charge on any atom is -0.497 e. The van der Waals surface area contributed by atoms with E-state index in [-0.39, 0.29) is 30.3 Å². The van der Waals surface area contributed by atoms with Gasteiger partial charge in [-0.05, 0) is 60.2 Å². The number of non-ortho nitro benzene ring substituents is 1. The van der Waals surface area contributed by atoms with E-state index in [0.29, 0.717) is 22.9 Å². The molecule has 13 heteroatoms. The lowest BCUT2D eigenvalue weighted by Gasteiger charge is -2.10. The zero-order valence-corrected chi connectivity index (χ0v) is 19.4. The van der Waals surface area contributed by atoms with Crippen LogP contribution >= 0.6 is 0 Å². The standard InChI is InChI=1S/C24H20N8O5/c1-35-19-9-5-17(6-10-19)27-23-28-22(26-16-3-7-18(8-4-16)32(33)34)29-24(30-23)31-25-13-15-2-11-20-21(12-15)37-14-36-20/h2-13H,14H2,1H3,(H3,26,27,28,29,30,31)/b25-13+. The molecule has 0 unspecified atom stereocenters. The Balaban J connectivity index is 1.37. The lowest BCUT2D eigenvalue weighted by Crippen LogP contribution is -2.07. The van der Waals surface area contributed by atoms with Gasteiger partial charge < -0.3 is 24.8 Å². The van der Waals surface area contributed by atoms with Crippen molar-refractivity contribution in [2.75, 3.05) is 30.0 Å². The van der Waals surface area contributed by atoms with Gasteiger partial charge in [0.25, 0.3) is 5.69 Å². The van der Waals surface area contributed by atoms with Crippen LogP contribution in [-0.4, -0.2) is 40.0 Å². The Morgan fingerprint density at radius 1 is 0.892 bits per heavy atom. The average molecular weight is 500 g/mol. The van der Waals surface area contributed by atoms with Gasteiger partial charge in [-0.2, -0.15) is 20.1 Å². The molecule has 3 N–H and O–H groups in total. The Morgan fingerprint density at radius 2 is 1.51 bits per heavy atom. The number of anilines is 5. The number of hydrogen-bond acceptors (Lipinski definition) is 12. The van der Waals surface area contributed by atoms with E-state index in [1.807, 2.05) is 18.2 Å². The zero-order chi connectivity index (χ0) is 25.6. The molecule has 0 saturated heterocycles. The lowest BCUT2D eigenvalue weighted by molar-refractivity contribution is -0.384. The molecule has 0 amide bonds. The number of nitro benzene ring substituents is 1. The van der Waals surface area contributed by atoms with Crippen molar-refractivity contribution in [2.24, 2.45) is 5.10 Å². The van der Waals surface area contributed by atoms with E-state index in [2.05, 4.69) is 36.1 Å². The number of benzene rings is 3. The van der Waals surface area contributed by atoms with Crippen LogP contribution in [0.1, 0.15) is 5.56 Å². The fourth-order valence-electron chi connectivity index (χ4n) is 3.29. The minimum atomic E-state index is -0.468. The maximum absolute atomic E-state index is 10.9. The maximum atomic E-state index is 10.9. The Kier molecular flexibility index (Phi) is 6.57. The SMILES string of the molecule is COc1ccc(Nc2nc(N/N=C/c3ccc4c(c3)OCO4)nc(Nc3ccc([N+](=O)[O-])cc3)n2)cc1. The van der Waals surface area contributed by atoms with Crippen molar-refractivity contribution < 1.29 is 19.1 Å². The molecule has 0 bridgehead atoms. The molecule has 37 heavy (non-hydrogen) atoms. The molecule has 13 nitrogen and oxygen atoms in total. The number of hydrogen-bond donors (Lipinski definition) is 3. The summed E-state index contributed by atoms with van der Waals surface area (Å²) in [5.41, 5.74) is 4.84. The van der Waals surface area contributed by atoms with E-state index in [9.17, 15) is 10.1 Å². The highest BCUT2D eigenvalue weighted by Gasteiger charge is 2.13. The Morgan fingerprint density at radius 3 is 2.16 bits per heavy atom. The third kappa shape index (κ3) is 5.79. The highest BCUT2D eigenvalue weighted by Crippen LogP contribution is 2.32. The molecule has 4 aromatic rings. The number of nitro groups is 1. The number of rotatable bonds is 9. The molecule has 1 aliphatic heterocycles. The fourth-order valence-corrected chi connectivity index (χ4v) is 3.29. The summed E-state index contributed by atoms with van der Waals surface area (Å²) in [5, 5.41) is 21.3. The number of ether oxygens (including phenoxy) is 3. The van der Waals surface area contributed by atoms with Gasteiger partial charge in [0, 0.05) is 23.5 Å². The van der Waals surface area contributed by atoms with Gasteiger partial charge in [-0.1, -0.05) is 0 Å². The first-order valence-corrected chi connectivity index (χ1v) is 10.9. The van der Waals surface area contributed by atoms with Crippen LogP contribution in [0.3, 0.4) is 0 Å². The van der Waals surface area contributed by atoms with Gasteiger partial charge in [-0.3, -0.25) is 10.1 Å². The number of aromatic nitrogens is 3. The summed E-state index contributed by atoms with van der Waals surface area (Å²) in [6.45, 7) is 0.188. The van der Waals surface area contributed by atoms with Crippen LogP contribution in [0.15, 0.2) is 71.8 Å². The Labute approximate surface area is 210 Å². The third-order valence-corrected chi connectivity index (χ3v) is 5.09. The summed E-state index contributed by atoms with van der Waals surface area (Å²) in [7, 11) is 1.59. The average Bonchev–Trinajstić information content (AvgIpc) is 3.37. The van der Waals surface area contributed by atoms with Crippen molar-refractivity contribution >= 4 is 41.1 Å². The van der Waals surface area contributed by atoms with Gasteiger partial charge in [-0.15, -0.1) is 0 Å². The molecule has 186 valence electrons. The normalized spacial score (nSPS) is 11.8. The number of nitrogens with zero attached hydrogens (tertiary/aromatic N) is 5. The fraction of sp³-hybridized carbons (Fsp3) is 0.0833. The third-order valence-electron chi connectivity index (χ3n) is 5.09. The summed E-state index contributed by atoms with van der Waals surface area (Å²) in [6, 6.07) is 18.6. The van der Waals surface area contributed by atoms with Crippen LogP contribution in [0, 0.1) is 10.1 Å². The van der Waals surface area contributed by atoms with Crippen LogP contribution in [-0.2, 0) is 0 Å². The highest BCUT2D eigenvalue weighted by molar-refractivity contribution is 5.81. The van der Waals surface area contributed by atoms with Gasteiger partial charge in [0.1, 0.15) is 5.75 Å². The molecule has 0 atom stereocenters. The van der Waals surface area contributed by atoms with Crippen LogP contribution in [0.5, 0.6) is 17.2 Å². The molecule has 2 heterocycles. The van der Waals surface area contributed by atoms with Crippen LogP contribution < -0.4 is 30.3 Å². The van der Waals surface area contributed by atoms with Crippen molar-refractivity contribution in [1.29, 1.82) is 0 Å². The van der Waals surface area contributed by atoms with E-state index < -0.39 is 4.92 Å². The monoisotopic (exact) mass is 500 g/mol. The van der Waals surface area contributed by atoms with Crippen LogP contribution in [0.2, 0.25) is 0 Å². The van der Waals surface area contributed by atoms with E-state index in [0.717, 1.165) is 11.3 Å². The maximum Gasteiger partial charge on any atom is 0.269 e. The van der Waals surface area contributed by atoms with E-state index in [1.165, 1.54) is 12.1 Å². The smallest absolute Gasteiger partial charge is 0.269 e. The van der Waals surface area contributed by atoms with E-state index in [4.69, 9.17) is 14.2 Å². The summed E-state index contributed by atoms with van der Waals surface area (Å²) < 4.78 is 15.9. The summed E-state index contributed by atoms with van der Waals surface area (Å²) in [4.78, 5) is 23.6. The van der Waals surface area contributed by atoms with Gasteiger partial charge in [-0.25, -0.2) is 5.43 Å². The number of hydrazone groups is 1. The van der Waals surface area contributed by atoms with Crippen molar-refractivity contribution in [1.82, 2.24) is 15.0 Å². The first kappa shape index (κ1) is 23.3. The van der Waals surface area contributed by atoms with Crippen molar-refractivity contribution in [2.45, 2.75) is 0 Å². The molecular weight excluding hydrogens is 480 g/mol. The first-order chi connectivity index (χ1) is 18.1. The second-order valence-corrected chi connectivity index (χ2v) is 7.57. The van der Waals surface area contributed by atoms with Gasteiger partial charge in [0.15, 0.2) is 11.5 Å². The summed E-state index contributed by atoms with van der Waals surface area (Å²) >= 11 is 0. The second-order valence-electron chi connectivity index (χ2n) is 7.57. The van der Waals surface area contributed by atoms with Gasteiger partial charge in [0.2, 0.25) is 24.6 Å². The van der Waals surface area contributed by atoms with Crippen molar-refractivity contribution in [3.8, 4) is 17.2 Å². The van der Waals surface area contributed by atoms with Crippen molar-refractivity contribution in [3.05, 3.63) is 82.4 Å². The second kappa shape index (κ2) is 10.4. The number of nitrogens with one attached hydrogen (secondary N) is 3. The predicted octanol–water partition coefficient (Wildman–Crippen LogP) is 4.45. The van der Waals surface area contributed by atoms with E-state index >= 15 is 0 Å². The van der Waals surface area contributed by atoms with Gasteiger partial charge in [0.05, 0.1) is 18.2 Å². The largest absolute Gasteiger partial charge is 0.497 e. The lowest BCUT2D eigenvalue weighted by atomic mass is 10.2. The molecule has 1 aliphatic rings. The van der Waals surface area contributed by atoms with Gasteiger partial charge >= 0.3 is 0 Å². The first-order valence-electron chi connectivity index (χ1n) is 10.9. The topological polar surface area (TPSA) is 158 Å². The molecule has 3 aromatic carbocycles. The minimum absolute atomic E-state index is 0.0248. The molecule has 0 saturated carbocycles. The predicted molar refractivity (Wildman–Crippen MR) is 136 cm³/mol. The molecule has 0 fully saturated rings. The zero-order valence-electron chi connectivity index (χ0n) is 19.4. The molecule has 1 aromatic heterocycles. The Bertz CT molecular complexity index is 1440. The summed E-state index contributed by atoms with van der Waals surface area (Å²) in [6.07, 6.45) is 1.59.